The average molecular weight is 504 g/mol. The molecule has 0 saturated carbocycles. The van der Waals surface area contributed by atoms with Crippen molar-refractivity contribution in [2.45, 2.75) is 29.5 Å². The van der Waals surface area contributed by atoms with Crippen molar-refractivity contribution < 1.29 is 22.4 Å². The van der Waals surface area contributed by atoms with E-state index in [1.54, 1.807) is 30.0 Å². The third-order valence-electron chi connectivity index (χ3n) is 5.52. The molecule has 1 unspecified atom stereocenters. The van der Waals surface area contributed by atoms with Gasteiger partial charge in [-0.15, -0.1) is 22.7 Å². The van der Waals surface area contributed by atoms with E-state index in [2.05, 4.69) is 10.3 Å². The minimum Gasteiger partial charge on any atom is -0.497 e. The van der Waals surface area contributed by atoms with Crippen molar-refractivity contribution >= 4 is 54.7 Å². The number of hydrogen-bond acceptors (Lipinski definition) is 8. The van der Waals surface area contributed by atoms with E-state index in [1.807, 2.05) is 24.3 Å². The summed E-state index contributed by atoms with van der Waals surface area (Å²) in [6.07, 6.45) is 1.99. The van der Waals surface area contributed by atoms with Gasteiger partial charge in [0.05, 0.1) is 7.11 Å². The van der Waals surface area contributed by atoms with E-state index in [9.17, 15) is 13.2 Å². The molecule has 1 aromatic carbocycles. The lowest BCUT2D eigenvalue weighted by atomic mass is 10.0. The van der Waals surface area contributed by atoms with Crippen LogP contribution in [0.3, 0.4) is 0 Å². The summed E-state index contributed by atoms with van der Waals surface area (Å²) in [5, 5.41) is 7.61. The number of nitrogens with zero attached hydrogens (tertiary/aromatic N) is 2. The average Bonchev–Trinajstić information content (AvgIpc) is 3.59. The highest BCUT2D eigenvalue weighted by atomic mass is 32.2. The summed E-state index contributed by atoms with van der Waals surface area (Å²) in [6.45, 7) is 0.323. The first kappa shape index (κ1) is 22.1. The minimum absolute atomic E-state index is 0.250. The van der Waals surface area contributed by atoms with E-state index in [0.717, 1.165) is 35.3 Å². The zero-order valence-electron chi connectivity index (χ0n) is 17.7. The van der Waals surface area contributed by atoms with Gasteiger partial charge in [0.1, 0.15) is 27.3 Å². The van der Waals surface area contributed by atoms with Gasteiger partial charge in [-0.2, -0.15) is 4.31 Å². The van der Waals surface area contributed by atoms with Crippen LogP contribution in [-0.4, -0.2) is 43.3 Å². The molecule has 8 nitrogen and oxygen atoms in total. The number of rotatable bonds is 6. The molecule has 5 rings (SSSR count). The number of furan rings is 1. The molecular weight excluding hydrogens is 482 g/mol. The van der Waals surface area contributed by atoms with Crippen LogP contribution in [-0.2, 0) is 14.8 Å². The smallest absolute Gasteiger partial charge is 0.253 e. The predicted octanol–water partition coefficient (Wildman–Crippen LogP) is 4.81. The predicted molar refractivity (Wildman–Crippen MR) is 128 cm³/mol. The highest BCUT2D eigenvalue weighted by molar-refractivity contribution is 7.91. The monoisotopic (exact) mass is 503 g/mol. The number of nitrogens with one attached hydrogen (secondary N) is 1. The largest absolute Gasteiger partial charge is 0.497 e. The number of ether oxygens (including phenoxy) is 1. The standard InChI is InChI=1S/C22H21N3O5S3/c1-29-15-7-8-18-14(11-15)12-19(30-18)16-13-32-22(23-16)24-21(26)17-5-2-3-9-25(17)33(27,28)20-6-4-10-31-20/h4,6-8,10-13,17H,2-3,5,9H2,1H3,(H,23,24,26). The molecule has 0 radical (unpaired) electrons. The summed E-state index contributed by atoms with van der Waals surface area (Å²) in [6, 6.07) is 9.90. The van der Waals surface area contributed by atoms with Crippen LogP contribution in [0.15, 0.2) is 55.8 Å². The Morgan fingerprint density at radius 3 is 2.91 bits per heavy atom. The zero-order chi connectivity index (χ0) is 23.0. The second kappa shape index (κ2) is 8.90. The summed E-state index contributed by atoms with van der Waals surface area (Å²) < 4.78 is 38.8. The van der Waals surface area contributed by atoms with Crippen LogP contribution in [0.25, 0.3) is 22.4 Å². The topological polar surface area (TPSA) is 102 Å². The summed E-state index contributed by atoms with van der Waals surface area (Å²) >= 11 is 2.42. The van der Waals surface area contributed by atoms with Gasteiger partial charge >= 0.3 is 0 Å². The number of carbonyl (C=O) groups excluding carboxylic acids is 1. The quantitative estimate of drug-likeness (QED) is 0.405. The van der Waals surface area contributed by atoms with Crippen molar-refractivity contribution in [3.05, 3.63) is 47.2 Å². The number of hydrogen-bond donors (Lipinski definition) is 1. The summed E-state index contributed by atoms with van der Waals surface area (Å²) in [4.78, 5) is 17.6. The van der Waals surface area contributed by atoms with E-state index in [-0.39, 0.29) is 10.1 Å². The summed E-state index contributed by atoms with van der Waals surface area (Å²) in [5.74, 6) is 0.940. The number of amides is 1. The molecule has 0 spiro atoms. The molecule has 1 N–H and O–H groups in total. The molecule has 4 aromatic rings. The molecule has 172 valence electrons. The zero-order valence-corrected chi connectivity index (χ0v) is 20.1. The van der Waals surface area contributed by atoms with Crippen LogP contribution in [0.2, 0.25) is 0 Å². The van der Waals surface area contributed by atoms with Crippen LogP contribution < -0.4 is 10.1 Å². The number of thiophene rings is 1. The van der Waals surface area contributed by atoms with Crippen LogP contribution in [0, 0.1) is 0 Å². The second-order valence-electron chi connectivity index (χ2n) is 7.60. The van der Waals surface area contributed by atoms with Crippen LogP contribution in [0.4, 0.5) is 5.13 Å². The Kier molecular flexibility index (Phi) is 5.95. The molecular formula is C22H21N3O5S3. The first-order valence-corrected chi connectivity index (χ1v) is 13.6. The number of thiazole rings is 1. The number of benzene rings is 1. The Bertz CT molecular complexity index is 1390. The van der Waals surface area contributed by atoms with Gasteiger partial charge in [0.15, 0.2) is 10.9 Å². The highest BCUT2D eigenvalue weighted by Gasteiger charge is 2.38. The summed E-state index contributed by atoms with van der Waals surface area (Å²) in [5.41, 5.74) is 1.30. The fourth-order valence-corrected chi connectivity index (χ4v) is 7.37. The SMILES string of the molecule is COc1ccc2oc(-c3csc(NC(=O)C4CCCCN4S(=O)(=O)c4cccs4)n3)cc2c1. The van der Waals surface area contributed by atoms with Gasteiger partial charge < -0.3 is 14.5 Å². The third-order valence-corrected chi connectivity index (χ3v) is 9.56. The molecule has 1 aliphatic rings. The maximum absolute atomic E-state index is 13.1. The van der Waals surface area contributed by atoms with E-state index >= 15 is 0 Å². The molecule has 33 heavy (non-hydrogen) atoms. The lowest BCUT2D eigenvalue weighted by molar-refractivity contribution is -0.120. The van der Waals surface area contributed by atoms with E-state index in [4.69, 9.17) is 9.15 Å². The van der Waals surface area contributed by atoms with Crippen LogP contribution in [0.5, 0.6) is 5.75 Å². The first-order valence-electron chi connectivity index (χ1n) is 10.4. The Morgan fingerprint density at radius 2 is 2.12 bits per heavy atom. The Hall–Kier alpha value is -2.73. The van der Waals surface area contributed by atoms with E-state index < -0.39 is 16.1 Å². The van der Waals surface area contributed by atoms with Gasteiger partial charge in [0.2, 0.25) is 5.91 Å². The molecule has 11 heteroatoms. The fraction of sp³-hybridized carbons (Fsp3) is 0.273. The van der Waals surface area contributed by atoms with Gasteiger partial charge in [-0.1, -0.05) is 12.5 Å². The molecule has 1 aliphatic heterocycles. The van der Waals surface area contributed by atoms with Gasteiger partial charge in [-0.25, -0.2) is 13.4 Å². The number of aromatic nitrogens is 1. The number of sulfonamides is 1. The number of fused-ring (bicyclic) bond motifs is 1. The normalized spacial score (nSPS) is 17.3. The van der Waals surface area contributed by atoms with Gasteiger partial charge in [0, 0.05) is 17.3 Å². The van der Waals surface area contributed by atoms with Crippen molar-refractivity contribution in [1.29, 1.82) is 0 Å². The summed E-state index contributed by atoms with van der Waals surface area (Å²) in [7, 11) is -2.11. The van der Waals surface area contributed by atoms with Crippen molar-refractivity contribution in [1.82, 2.24) is 9.29 Å². The third kappa shape index (κ3) is 4.29. The molecule has 0 aliphatic carbocycles. The number of carbonyl (C=O) groups is 1. The maximum atomic E-state index is 13.1. The molecule has 1 amide bonds. The fourth-order valence-electron chi connectivity index (χ4n) is 3.89. The Labute approximate surface area is 198 Å². The number of methoxy groups -OCH3 is 1. The van der Waals surface area contributed by atoms with Crippen molar-refractivity contribution in [3.8, 4) is 17.2 Å². The maximum Gasteiger partial charge on any atom is 0.253 e. The lowest BCUT2D eigenvalue weighted by Gasteiger charge is -2.32. The Balaban J connectivity index is 1.35. The molecule has 1 fully saturated rings. The molecule has 3 aromatic heterocycles. The van der Waals surface area contributed by atoms with Crippen molar-refractivity contribution in [2.75, 3.05) is 19.0 Å². The van der Waals surface area contributed by atoms with Crippen LogP contribution in [0.1, 0.15) is 19.3 Å². The second-order valence-corrected chi connectivity index (χ2v) is 11.5. The van der Waals surface area contributed by atoms with Gasteiger partial charge in [-0.3, -0.25) is 4.79 Å². The van der Waals surface area contributed by atoms with Crippen molar-refractivity contribution in [3.63, 3.8) is 0 Å². The van der Waals surface area contributed by atoms with Crippen LogP contribution >= 0.6 is 22.7 Å². The Morgan fingerprint density at radius 1 is 1.24 bits per heavy atom. The van der Waals surface area contributed by atoms with E-state index in [1.165, 1.54) is 15.6 Å². The lowest BCUT2D eigenvalue weighted by Crippen LogP contribution is -2.49. The van der Waals surface area contributed by atoms with Crippen molar-refractivity contribution in [2.24, 2.45) is 0 Å². The number of piperidine rings is 1. The van der Waals surface area contributed by atoms with E-state index in [0.29, 0.717) is 35.1 Å². The minimum atomic E-state index is -3.71. The molecule has 1 atom stereocenters. The first-order chi connectivity index (χ1) is 16.0. The van der Waals surface area contributed by atoms with Gasteiger partial charge in [0.25, 0.3) is 10.0 Å². The molecule has 0 bridgehead atoms. The molecule has 1 saturated heterocycles. The van der Waals surface area contributed by atoms with Gasteiger partial charge in [-0.05, 0) is 48.6 Å². The molecule has 4 heterocycles. The highest BCUT2D eigenvalue weighted by Crippen LogP contribution is 2.33. The number of anilines is 1.